The molecule has 0 bridgehead atoms. The van der Waals surface area contributed by atoms with Crippen molar-refractivity contribution in [3.63, 3.8) is 0 Å². The molecular formula is C18H28N2S. The lowest BCUT2D eigenvalue weighted by Gasteiger charge is -2.29. The van der Waals surface area contributed by atoms with E-state index in [2.05, 4.69) is 64.2 Å². The normalized spacial score (nSPS) is 14.0. The van der Waals surface area contributed by atoms with E-state index < -0.39 is 0 Å². The van der Waals surface area contributed by atoms with Crippen molar-refractivity contribution in [3.8, 4) is 6.07 Å². The van der Waals surface area contributed by atoms with E-state index in [9.17, 15) is 5.26 Å². The van der Waals surface area contributed by atoms with Gasteiger partial charge in [-0.15, -0.1) is 11.8 Å². The molecule has 0 aliphatic carbocycles. The minimum atomic E-state index is -0.363. The summed E-state index contributed by atoms with van der Waals surface area (Å²) in [6.45, 7) is 10.6. The highest BCUT2D eigenvalue weighted by Crippen LogP contribution is 2.24. The Labute approximate surface area is 134 Å². The Kier molecular flexibility index (Phi) is 7.28. The van der Waals surface area contributed by atoms with Gasteiger partial charge in [0.25, 0.3) is 0 Å². The van der Waals surface area contributed by atoms with Gasteiger partial charge in [0.1, 0.15) is 5.54 Å². The monoisotopic (exact) mass is 304 g/mol. The number of thioether (sulfide) groups is 1. The van der Waals surface area contributed by atoms with Crippen molar-refractivity contribution in [2.45, 2.75) is 70.4 Å². The second kappa shape index (κ2) is 8.46. The quantitative estimate of drug-likeness (QED) is 0.551. The summed E-state index contributed by atoms with van der Waals surface area (Å²) < 4.78 is 0. The van der Waals surface area contributed by atoms with E-state index in [0.29, 0.717) is 6.04 Å². The molecule has 1 unspecified atom stereocenters. The zero-order valence-corrected chi connectivity index (χ0v) is 14.8. The number of nitriles is 1. The van der Waals surface area contributed by atoms with E-state index in [4.69, 9.17) is 0 Å². The van der Waals surface area contributed by atoms with Gasteiger partial charge in [-0.1, -0.05) is 13.0 Å². The van der Waals surface area contributed by atoms with Crippen LogP contribution in [0.4, 0.5) is 0 Å². The number of hydrogen-bond donors (Lipinski definition) is 1. The van der Waals surface area contributed by atoms with E-state index in [1.165, 1.54) is 16.0 Å². The van der Waals surface area contributed by atoms with Gasteiger partial charge in [0.05, 0.1) is 6.07 Å². The van der Waals surface area contributed by atoms with Crippen LogP contribution in [0.5, 0.6) is 0 Å². The lowest BCUT2D eigenvalue weighted by molar-refractivity contribution is 0.341. The first-order valence-electron chi connectivity index (χ1n) is 7.81. The molecule has 3 heteroatoms. The summed E-state index contributed by atoms with van der Waals surface area (Å²) in [6, 6.07) is 9.46. The van der Waals surface area contributed by atoms with Crippen LogP contribution >= 0.6 is 11.8 Å². The number of benzene rings is 1. The van der Waals surface area contributed by atoms with Gasteiger partial charge in [0.2, 0.25) is 0 Å². The van der Waals surface area contributed by atoms with Crippen LogP contribution in [0.1, 0.15) is 51.2 Å². The third kappa shape index (κ3) is 5.73. The molecule has 1 aromatic rings. The summed E-state index contributed by atoms with van der Waals surface area (Å²) in [7, 11) is 0. The molecule has 0 heterocycles. The van der Waals surface area contributed by atoms with Crippen LogP contribution in [-0.4, -0.2) is 17.3 Å². The topological polar surface area (TPSA) is 35.8 Å². The van der Waals surface area contributed by atoms with Crippen LogP contribution in [0.25, 0.3) is 0 Å². The Balaban J connectivity index is 2.48. The van der Waals surface area contributed by atoms with Crippen molar-refractivity contribution in [3.05, 3.63) is 29.3 Å². The molecule has 21 heavy (non-hydrogen) atoms. The lowest BCUT2D eigenvalue weighted by Crippen LogP contribution is -2.47. The highest BCUT2D eigenvalue weighted by molar-refractivity contribution is 7.99. The molecular weight excluding hydrogens is 276 g/mol. The molecule has 0 saturated heterocycles. The maximum absolute atomic E-state index is 9.49. The number of nitrogens with one attached hydrogen (secondary N) is 1. The van der Waals surface area contributed by atoms with Crippen LogP contribution in [0.2, 0.25) is 0 Å². The fourth-order valence-corrected chi connectivity index (χ4v) is 3.39. The van der Waals surface area contributed by atoms with Crippen LogP contribution in [-0.2, 0) is 0 Å². The van der Waals surface area contributed by atoms with Crippen molar-refractivity contribution in [2.24, 2.45) is 0 Å². The van der Waals surface area contributed by atoms with Gasteiger partial charge < -0.3 is 0 Å². The fraction of sp³-hybridized carbons (Fsp3) is 0.611. The lowest BCUT2D eigenvalue weighted by atomic mass is 9.91. The predicted molar refractivity (Wildman–Crippen MR) is 92.8 cm³/mol. The summed E-state index contributed by atoms with van der Waals surface area (Å²) in [4.78, 5) is 1.33. The number of aryl methyl sites for hydroxylation is 2. The minimum Gasteiger partial charge on any atom is -0.297 e. The second-order valence-corrected chi connectivity index (χ2v) is 7.21. The van der Waals surface area contributed by atoms with E-state index in [1.54, 1.807) is 0 Å². The Bertz CT molecular complexity index is 490. The molecule has 116 valence electrons. The molecule has 1 rings (SSSR count). The van der Waals surface area contributed by atoms with Crippen molar-refractivity contribution < 1.29 is 0 Å². The van der Waals surface area contributed by atoms with Crippen LogP contribution in [0.15, 0.2) is 23.1 Å². The molecule has 0 aromatic heterocycles. The van der Waals surface area contributed by atoms with Gasteiger partial charge in [-0.25, -0.2) is 0 Å². The Morgan fingerprint density at radius 2 is 2.00 bits per heavy atom. The summed E-state index contributed by atoms with van der Waals surface area (Å²) >= 11 is 1.89. The summed E-state index contributed by atoms with van der Waals surface area (Å²) in [5.41, 5.74) is 2.33. The SMILES string of the molecule is CCC(C#N)(CCCSc1ccc(C)c(C)c1)NC(C)C. The zero-order chi connectivity index (χ0) is 15.9. The molecule has 0 spiro atoms. The first-order valence-corrected chi connectivity index (χ1v) is 8.80. The maximum atomic E-state index is 9.49. The molecule has 1 N–H and O–H groups in total. The summed E-state index contributed by atoms with van der Waals surface area (Å²) in [6.07, 6.45) is 2.82. The van der Waals surface area contributed by atoms with Gasteiger partial charge in [0.15, 0.2) is 0 Å². The second-order valence-electron chi connectivity index (χ2n) is 6.04. The molecule has 0 aliphatic rings. The van der Waals surface area contributed by atoms with E-state index in [1.807, 2.05) is 11.8 Å². The molecule has 0 radical (unpaired) electrons. The number of nitrogens with zero attached hydrogens (tertiary/aromatic N) is 1. The largest absolute Gasteiger partial charge is 0.297 e. The molecule has 0 saturated carbocycles. The molecule has 0 aliphatic heterocycles. The highest BCUT2D eigenvalue weighted by Gasteiger charge is 2.27. The Morgan fingerprint density at radius 3 is 2.52 bits per heavy atom. The molecule has 1 atom stereocenters. The van der Waals surface area contributed by atoms with E-state index >= 15 is 0 Å². The molecule has 0 fully saturated rings. The average Bonchev–Trinajstić information content (AvgIpc) is 2.45. The van der Waals surface area contributed by atoms with Gasteiger partial charge in [-0.3, -0.25) is 5.32 Å². The maximum Gasteiger partial charge on any atom is 0.106 e. The first-order chi connectivity index (χ1) is 9.92. The van der Waals surface area contributed by atoms with Crippen molar-refractivity contribution >= 4 is 11.8 Å². The van der Waals surface area contributed by atoms with Crippen LogP contribution in [0.3, 0.4) is 0 Å². The number of rotatable bonds is 8. The van der Waals surface area contributed by atoms with Gasteiger partial charge in [-0.2, -0.15) is 5.26 Å². The van der Waals surface area contributed by atoms with Crippen LogP contribution in [0, 0.1) is 25.2 Å². The molecule has 2 nitrogen and oxygen atoms in total. The highest BCUT2D eigenvalue weighted by atomic mass is 32.2. The van der Waals surface area contributed by atoms with E-state index in [0.717, 1.165) is 25.0 Å². The van der Waals surface area contributed by atoms with Crippen molar-refractivity contribution in [2.75, 3.05) is 5.75 Å². The van der Waals surface area contributed by atoms with Crippen molar-refractivity contribution in [1.82, 2.24) is 5.32 Å². The third-order valence-electron chi connectivity index (χ3n) is 3.88. The van der Waals surface area contributed by atoms with E-state index in [-0.39, 0.29) is 5.54 Å². The fourth-order valence-electron chi connectivity index (χ4n) is 2.44. The summed E-state index contributed by atoms with van der Waals surface area (Å²) in [5.74, 6) is 1.06. The van der Waals surface area contributed by atoms with Crippen LogP contribution < -0.4 is 5.32 Å². The summed E-state index contributed by atoms with van der Waals surface area (Å²) in [5, 5.41) is 12.9. The molecule has 1 aromatic carbocycles. The number of hydrogen-bond acceptors (Lipinski definition) is 3. The smallest absolute Gasteiger partial charge is 0.106 e. The standard InChI is InChI=1S/C18H28N2S/c1-6-18(13-19,20-14(2)3)10-7-11-21-17-9-8-15(4)16(5)12-17/h8-9,12,14,20H,6-7,10-11H2,1-5H3. The first kappa shape index (κ1) is 18.1. The Hall–Kier alpha value is -0.980. The molecule has 0 amide bonds. The van der Waals surface area contributed by atoms with Gasteiger partial charge >= 0.3 is 0 Å². The average molecular weight is 305 g/mol. The van der Waals surface area contributed by atoms with Crippen molar-refractivity contribution in [1.29, 1.82) is 5.26 Å². The minimum absolute atomic E-state index is 0.344. The predicted octanol–water partition coefficient (Wildman–Crippen LogP) is 4.85. The van der Waals surface area contributed by atoms with Gasteiger partial charge in [-0.05, 0) is 76.0 Å². The Morgan fingerprint density at radius 1 is 1.29 bits per heavy atom. The van der Waals surface area contributed by atoms with Gasteiger partial charge in [0, 0.05) is 10.9 Å². The zero-order valence-electron chi connectivity index (χ0n) is 14.0. The third-order valence-corrected chi connectivity index (χ3v) is 4.96.